The summed E-state index contributed by atoms with van der Waals surface area (Å²) in [6.07, 6.45) is 16.7. The third kappa shape index (κ3) is 15.4. The van der Waals surface area contributed by atoms with E-state index in [0.29, 0.717) is 6.42 Å². The molecule has 0 aromatic heterocycles. The van der Waals surface area contributed by atoms with Gasteiger partial charge in [-0.3, -0.25) is 9.35 Å². The second-order valence-corrected chi connectivity index (χ2v) is 8.57. The van der Waals surface area contributed by atoms with Crippen molar-refractivity contribution >= 4 is 16.0 Å². The van der Waals surface area contributed by atoms with Gasteiger partial charge >= 0.3 is 0 Å². The number of unbranched alkanes of at least 4 members (excludes halogenated alkanes) is 12. The van der Waals surface area contributed by atoms with Gasteiger partial charge in [0.05, 0.1) is 0 Å². The molecular weight excluding hydrogens is 338 g/mol. The molecule has 0 radical (unpaired) electrons. The van der Waals surface area contributed by atoms with Gasteiger partial charge < -0.3 is 5.32 Å². The van der Waals surface area contributed by atoms with E-state index in [0.717, 1.165) is 19.3 Å². The highest BCUT2D eigenvalue weighted by atomic mass is 32.2. The summed E-state index contributed by atoms with van der Waals surface area (Å²) in [4.78, 5) is 11.7. The van der Waals surface area contributed by atoms with Gasteiger partial charge in [0, 0.05) is 6.42 Å². The van der Waals surface area contributed by atoms with Crippen LogP contribution in [0.15, 0.2) is 0 Å². The molecule has 0 aliphatic rings. The van der Waals surface area contributed by atoms with Crippen molar-refractivity contribution in [1.82, 2.24) is 5.32 Å². The first kappa shape index (κ1) is 24.4. The maximum Gasteiger partial charge on any atom is 0.286 e. The molecule has 0 aromatic carbocycles. The minimum Gasteiger partial charge on any atom is -0.338 e. The summed E-state index contributed by atoms with van der Waals surface area (Å²) in [5, 5.41) is 1.19. The monoisotopic (exact) mass is 377 g/mol. The number of carbonyl (C=O) groups is 1. The van der Waals surface area contributed by atoms with Crippen LogP contribution in [0.3, 0.4) is 0 Å². The summed E-state index contributed by atoms with van der Waals surface area (Å²) in [7, 11) is -4.20. The molecule has 0 saturated heterocycles. The molecule has 0 spiro atoms. The van der Waals surface area contributed by atoms with E-state index in [1.807, 2.05) is 0 Å². The average molecular weight is 378 g/mol. The van der Waals surface area contributed by atoms with Gasteiger partial charge in [-0.15, -0.1) is 0 Å². The largest absolute Gasteiger partial charge is 0.338 e. The number of nitrogens with one attached hydrogen (secondary N) is 1. The van der Waals surface area contributed by atoms with E-state index in [1.54, 1.807) is 6.92 Å². The molecule has 6 heteroatoms. The van der Waals surface area contributed by atoms with Crippen LogP contribution in [-0.4, -0.2) is 24.3 Å². The zero-order valence-electron chi connectivity index (χ0n) is 16.3. The summed E-state index contributed by atoms with van der Waals surface area (Å²) < 4.78 is 31.0. The lowest BCUT2D eigenvalue weighted by Crippen LogP contribution is -2.39. The van der Waals surface area contributed by atoms with E-state index < -0.39 is 15.5 Å². The van der Waals surface area contributed by atoms with Crippen molar-refractivity contribution in [2.45, 2.75) is 116 Å². The normalized spacial score (nSPS) is 12.9. The van der Waals surface area contributed by atoms with E-state index >= 15 is 0 Å². The molecule has 0 saturated carbocycles. The Morgan fingerprint density at radius 2 is 1.20 bits per heavy atom. The SMILES string of the molecule is CCCCCCCCCCCCCCCC(=O)NC(CC)S(=O)(=O)O. The van der Waals surface area contributed by atoms with Crippen LogP contribution in [-0.2, 0) is 14.9 Å². The molecule has 150 valence electrons. The Balaban J connectivity index is 3.42. The Kier molecular flexibility index (Phi) is 15.2. The van der Waals surface area contributed by atoms with Crippen molar-refractivity contribution < 1.29 is 17.8 Å². The molecule has 0 bridgehead atoms. The molecule has 0 aliphatic carbocycles. The van der Waals surface area contributed by atoms with Crippen LogP contribution in [0.5, 0.6) is 0 Å². The van der Waals surface area contributed by atoms with Crippen LogP contribution < -0.4 is 5.32 Å². The van der Waals surface area contributed by atoms with E-state index in [4.69, 9.17) is 4.55 Å². The topological polar surface area (TPSA) is 83.5 Å². The Bertz CT molecular complexity index is 423. The first-order valence-corrected chi connectivity index (χ1v) is 11.7. The predicted octanol–water partition coefficient (Wildman–Crippen LogP) is 5.21. The lowest BCUT2D eigenvalue weighted by molar-refractivity contribution is -0.121. The standard InChI is InChI=1S/C19H39NO4S/c1-3-5-6-7-8-9-10-11-12-13-14-15-16-17-18(21)20-19(4-2)25(22,23)24/h19H,3-17H2,1-2H3,(H,20,21)(H,22,23,24). The molecule has 0 rings (SSSR count). The minimum atomic E-state index is -4.20. The van der Waals surface area contributed by atoms with Crippen LogP contribution in [0, 0.1) is 0 Å². The van der Waals surface area contributed by atoms with E-state index in [9.17, 15) is 13.2 Å². The second kappa shape index (κ2) is 15.6. The van der Waals surface area contributed by atoms with E-state index in [-0.39, 0.29) is 12.3 Å². The Morgan fingerprint density at radius 1 is 0.800 bits per heavy atom. The maximum atomic E-state index is 11.7. The van der Waals surface area contributed by atoms with Crippen LogP contribution in [0.2, 0.25) is 0 Å². The quantitative estimate of drug-likeness (QED) is 0.269. The fourth-order valence-corrected chi connectivity index (χ4v) is 3.64. The smallest absolute Gasteiger partial charge is 0.286 e. The number of amides is 1. The molecule has 1 amide bonds. The summed E-state index contributed by atoms with van der Waals surface area (Å²) in [6.45, 7) is 3.86. The number of rotatable bonds is 17. The maximum absolute atomic E-state index is 11.7. The Labute approximate surface area is 155 Å². The van der Waals surface area contributed by atoms with Crippen LogP contribution in [0.4, 0.5) is 0 Å². The van der Waals surface area contributed by atoms with Crippen LogP contribution in [0.25, 0.3) is 0 Å². The molecule has 0 heterocycles. The van der Waals surface area contributed by atoms with Crippen molar-refractivity contribution in [2.75, 3.05) is 0 Å². The average Bonchev–Trinajstić information content (AvgIpc) is 2.55. The molecule has 0 aromatic rings. The van der Waals surface area contributed by atoms with Crippen molar-refractivity contribution in [3.8, 4) is 0 Å². The third-order valence-corrected chi connectivity index (χ3v) is 5.73. The zero-order valence-corrected chi connectivity index (χ0v) is 17.1. The van der Waals surface area contributed by atoms with Crippen LogP contribution in [0.1, 0.15) is 110 Å². The van der Waals surface area contributed by atoms with Crippen molar-refractivity contribution in [3.05, 3.63) is 0 Å². The van der Waals surface area contributed by atoms with Gasteiger partial charge in [0.15, 0.2) is 5.37 Å². The van der Waals surface area contributed by atoms with Gasteiger partial charge in [-0.05, 0) is 12.8 Å². The van der Waals surface area contributed by atoms with Gasteiger partial charge in [-0.25, -0.2) is 0 Å². The lowest BCUT2D eigenvalue weighted by atomic mass is 10.0. The lowest BCUT2D eigenvalue weighted by Gasteiger charge is -2.13. The summed E-state index contributed by atoms with van der Waals surface area (Å²) in [5.41, 5.74) is 0. The van der Waals surface area contributed by atoms with Gasteiger partial charge in [-0.1, -0.05) is 90.9 Å². The second-order valence-electron chi connectivity index (χ2n) is 6.97. The molecule has 0 fully saturated rings. The molecule has 0 aliphatic heterocycles. The molecule has 1 atom stereocenters. The number of hydrogen-bond donors (Lipinski definition) is 2. The van der Waals surface area contributed by atoms with Crippen LogP contribution >= 0.6 is 0 Å². The van der Waals surface area contributed by atoms with Crippen molar-refractivity contribution in [3.63, 3.8) is 0 Å². The van der Waals surface area contributed by atoms with Gasteiger partial charge in [0.25, 0.3) is 10.1 Å². The molecule has 1 unspecified atom stereocenters. The highest BCUT2D eigenvalue weighted by Crippen LogP contribution is 2.13. The van der Waals surface area contributed by atoms with Gasteiger partial charge in [-0.2, -0.15) is 8.42 Å². The van der Waals surface area contributed by atoms with Crippen molar-refractivity contribution in [2.24, 2.45) is 0 Å². The molecular formula is C19H39NO4S. The summed E-state index contributed by atoms with van der Waals surface area (Å²) in [6, 6.07) is 0. The van der Waals surface area contributed by atoms with Gasteiger partial charge in [0.2, 0.25) is 5.91 Å². The third-order valence-electron chi connectivity index (χ3n) is 4.56. The fourth-order valence-electron chi connectivity index (χ4n) is 2.94. The molecule has 2 N–H and O–H groups in total. The number of carbonyl (C=O) groups excluding carboxylic acids is 1. The fraction of sp³-hybridized carbons (Fsp3) is 0.947. The molecule has 25 heavy (non-hydrogen) atoms. The predicted molar refractivity (Wildman–Crippen MR) is 104 cm³/mol. The van der Waals surface area contributed by atoms with E-state index in [2.05, 4.69) is 12.2 Å². The first-order chi connectivity index (χ1) is 11.9. The highest BCUT2D eigenvalue weighted by molar-refractivity contribution is 7.86. The van der Waals surface area contributed by atoms with Gasteiger partial charge in [0.1, 0.15) is 0 Å². The summed E-state index contributed by atoms with van der Waals surface area (Å²) in [5.74, 6) is -0.299. The zero-order chi connectivity index (χ0) is 19.0. The number of hydrogen-bond acceptors (Lipinski definition) is 3. The first-order valence-electron chi connectivity index (χ1n) is 10.2. The highest BCUT2D eigenvalue weighted by Gasteiger charge is 2.22. The minimum absolute atomic E-state index is 0.170. The van der Waals surface area contributed by atoms with E-state index in [1.165, 1.54) is 64.2 Å². The molecule has 5 nitrogen and oxygen atoms in total. The Morgan fingerprint density at radius 3 is 1.56 bits per heavy atom. The van der Waals surface area contributed by atoms with Crippen molar-refractivity contribution in [1.29, 1.82) is 0 Å². The Hall–Kier alpha value is -0.620. The summed E-state index contributed by atoms with van der Waals surface area (Å²) >= 11 is 0.